The maximum atomic E-state index is 13.0. The van der Waals surface area contributed by atoms with Crippen LogP contribution in [0.4, 0.5) is 26.8 Å². The van der Waals surface area contributed by atoms with E-state index >= 15 is 0 Å². The first-order valence-corrected chi connectivity index (χ1v) is 17.1. The van der Waals surface area contributed by atoms with Crippen LogP contribution in [0.2, 0.25) is 0 Å². The van der Waals surface area contributed by atoms with Crippen LogP contribution in [0.1, 0.15) is 63.3 Å². The predicted octanol–water partition coefficient (Wildman–Crippen LogP) is 8.44. The summed E-state index contributed by atoms with van der Waals surface area (Å²) >= 11 is 1.94. The number of hydrogen-bond acceptors (Lipinski definition) is 7. The largest absolute Gasteiger partial charge is 0.444 e. The van der Waals surface area contributed by atoms with Gasteiger partial charge in [-0.25, -0.2) is 14.6 Å². The number of carbonyl (C=O) groups is 2. The van der Waals surface area contributed by atoms with Crippen molar-refractivity contribution in [1.29, 1.82) is 0 Å². The molecule has 0 aliphatic heterocycles. The van der Waals surface area contributed by atoms with E-state index in [0.717, 1.165) is 51.5 Å². The highest BCUT2D eigenvalue weighted by Gasteiger charge is 2.24. The van der Waals surface area contributed by atoms with Crippen molar-refractivity contribution >= 4 is 51.9 Å². The van der Waals surface area contributed by atoms with Crippen LogP contribution < -0.4 is 21.3 Å². The minimum Gasteiger partial charge on any atom is -0.444 e. The van der Waals surface area contributed by atoms with Crippen LogP contribution in [0.5, 0.6) is 0 Å². The molecule has 1 fully saturated rings. The molecule has 1 unspecified atom stereocenters. The Hall–Kier alpha value is -4.28. The van der Waals surface area contributed by atoms with Gasteiger partial charge in [0.1, 0.15) is 11.4 Å². The summed E-state index contributed by atoms with van der Waals surface area (Å²) < 4.78 is 5.39. The number of thioether (sulfide) groups is 1. The quantitative estimate of drug-likeness (QED) is 0.121. The molecule has 47 heavy (non-hydrogen) atoms. The Morgan fingerprint density at radius 3 is 2.55 bits per heavy atom. The van der Waals surface area contributed by atoms with Gasteiger partial charge in [0.2, 0.25) is 0 Å². The topological polar surface area (TPSA) is 108 Å². The van der Waals surface area contributed by atoms with Gasteiger partial charge in [-0.3, -0.25) is 5.32 Å². The molecule has 1 aliphatic carbocycles. The summed E-state index contributed by atoms with van der Waals surface area (Å²) in [6.45, 7) is 8.96. The summed E-state index contributed by atoms with van der Waals surface area (Å²) in [5, 5.41) is 15.2. The second kappa shape index (κ2) is 15.1. The lowest BCUT2D eigenvalue weighted by Crippen LogP contribution is -2.33. The first kappa shape index (κ1) is 34.1. The number of aromatic nitrogens is 1. The Morgan fingerprint density at radius 1 is 1.02 bits per heavy atom. The molecule has 248 valence electrons. The highest BCUT2D eigenvalue weighted by molar-refractivity contribution is 8.00. The Kier molecular flexibility index (Phi) is 10.9. The number of fused-ring (bicyclic) bond motifs is 1. The van der Waals surface area contributed by atoms with Gasteiger partial charge in [0.25, 0.3) is 0 Å². The second-order valence-corrected chi connectivity index (χ2v) is 14.4. The lowest BCUT2D eigenvalue weighted by Gasteiger charge is -2.20. The molecule has 1 atom stereocenters. The highest BCUT2D eigenvalue weighted by Crippen LogP contribution is 2.41. The normalized spacial score (nSPS) is 13.6. The van der Waals surface area contributed by atoms with Crippen LogP contribution in [-0.4, -0.2) is 53.5 Å². The van der Waals surface area contributed by atoms with E-state index in [1.54, 1.807) is 11.1 Å². The fraction of sp³-hybridized carbons (Fsp3) is 0.378. The minimum atomic E-state index is -0.596. The zero-order valence-electron chi connectivity index (χ0n) is 28.1. The number of urea groups is 1. The summed E-state index contributed by atoms with van der Waals surface area (Å²) in [6.07, 6.45) is 4.45. The molecule has 3 aromatic carbocycles. The lowest BCUT2D eigenvalue weighted by molar-refractivity contribution is 0.0635. The van der Waals surface area contributed by atoms with E-state index in [1.165, 1.54) is 23.3 Å². The van der Waals surface area contributed by atoms with Gasteiger partial charge in [0, 0.05) is 59.3 Å². The molecule has 5 rings (SSSR count). The number of anilines is 3. The van der Waals surface area contributed by atoms with Crippen molar-refractivity contribution in [2.75, 3.05) is 36.6 Å². The van der Waals surface area contributed by atoms with Crippen LogP contribution in [-0.2, 0) is 17.7 Å². The standard InChI is InChI=1S/C37H46N6O3S/c1-24(40-29-10-14-32-27(21-29)16-18-39-34(32)42-36(45)46-37(2,3)4)26-9-7-8-25(20-26)17-19-43(6)35(44)41-30-11-15-33(47-31-12-13-31)28(22-30)23-38-5/h7-11,14-16,18,20-22,24,31,38,40H,12-13,17,19,23H2,1-6H3,(H,41,44)(H,39,42,45). The summed E-state index contributed by atoms with van der Waals surface area (Å²) in [5.74, 6) is 0.460. The van der Waals surface area contributed by atoms with Gasteiger partial charge in [-0.1, -0.05) is 24.3 Å². The van der Waals surface area contributed by atoms with Gasteiger partial charge < -0.3 is 25.6 Å². The summed E-state index contributed by atoms with van der Waals surface area (Å²) in [6, 6.07) is 22.5. The zero-order chi connectivity index (χ0) is 33.6. The van der Waals surface area contributed by atoms with Gasteiger partial charge in [-0.05, 0) is 119 Å². The van der Waals surface area contributed by atoms with E-state index < -0.39 is 11.7 Å². The number of nitrogens with one attached hydrogen (secondary N) is 4. The zero-order valence-corrected chi connectivity index (χ0v) is 29.0. The molecule has 4 aromatic rings. The average Bonchev–Trinajstić information content (AvgIpc) is 3.84. The van der Waals surface area contributed by atoms with Crippen molar-refractivity contribution in [2.45, 2.75) is 75.3 Å². The molecule has 0 radical (unpaired) electrons. The van der Waals surface area contributed by atoms with E-state index in [4.69, 9.17) is 4.74 Å². The average molecular weight is 655 g/mol. The van der Waals surface area contributed by atoms with Gasteiger partial charge in [0.15, 0.2) is 0 Å². The smallest absolute Gasteiger partial charge is 0.413 e. The second-order valence-electron chi connectivity index (χ2n) is 13.1. The highest BCUT2D eigenvalue weighted by atomic mass is 32.2. The van der Waals surface area contributed by atoms with E-state index in [-0.39, 0.29) is 12.1 Å². The van der Waals surface area contributed by atoms with Gasteiger partial charge in [-0.2, -0.15) is 0 Å². The number of likely N-dealkylation sites (N-methyl/N-ethyl adjacent to an activating group) is 1. The van der Waals surface area contributed by atoms with E-state index in [9.17, 15) is 9.59 Å². The molecule has 1 saturated carbocycles. The number of amides is 3. The van der Waals surface area contributed by atoms with Gasteiger partial charge in [-0.15, -0.1) is 11.8 Å². The van der Waals surface area contributed by atoms with Crippen molar-refractivity contribution in [3.63, 3.8) is 0 Å². The molecule has 0 bridgehead atoms. The third-order valence-corrected chi connectivity index (χ3v) is 9.25. The summed E-state index contributed by atoms with van der Waals surface area (Å²) in [4.78, 5) is 32.7. The number of benzene rings is 3. The monoisotopic (exact) mass is 654 g/mol. The molecule has 3 amide bonds. The summed E-state index contributed by atoms with van der Waals surface area (Å²) in [7, 11) is 3.78. The van der Waals surface area contributed by atoms with E-state index in [0.29, 0.717) is 12.4 Å². The van der Waals surface area contributed by atoms with Crippen LogP contribution >= 0.6 is 11.8 Å². The fourth-order valence-electron chi connectivity index (χ4n) is 5.20. The lowest BCUT2D eigenvalue weighted by atomic mass is 10.0. The Morgan fingerprint density at radius 2 is 1.81 bits per heavy atom. The van der Waals surface area contributed by atoms with Crippen molar-refractivity contribution in [3.8, 4) is 0 Å². The third kappa shape index (κ3) is 9.86. The third-order valence-electron chi connectivity index (χ3n) is 7.80. The SMILES string of the molecule is CNCc1cc(NC(=O)N(C)CCc2cccc(C(C)Nc3ccc4c(NC(=O)OC(C)(C)C)nccc4c3)c2)ccc1SC1CC1. The Balaban J connectivity index is 1.16. The molecule has 0 spiro atoms. The predicted molar refractivity (Wildman–Crippen MR) is 194 cm³/mol. The van der Waals surface area contributed by atoms with Crippen molar-refractivity contribution in [3.05, 3.63) is 89.6 Å². The van der Waals surface area contributed by atoms with Crippen molar-refractivity contribution in [1.82, 2.24) is 15.2 Å². The number of hydrogen-bond donors (Lipinski definition) is 4. The van der Waals surface area contributed by atoms with Crippen LogP contribution in [0.25, 0.3) is 10.8 Å². The fourth-order valence-corrected chi connectivity index (χ4v) is 6.36. The molecular weight excluding hydrogens is 609 g/mol. The van der Waals surface area contributed by atoms with E-state index in [1.807, 2.05) is 77.0 Å². The maximum absolute atomic E-state index is 13.0. The molecular formula is C37H46N6O3S. The Labute approximate surface area is 282 Å². The van der Waals surface area contributed by atoms with Crippen LogP contribution in [0.15, 0.2) is 77.8 Å². The number of pyridine rings is 1. The molecule has 1 heterocycles. The number of rotatable bonds is 12. The minimum absolute atomic E-state index is 0.0440. The molecule has 1 aliphatic rings. The van der Waals surface area contributed by atoms with Crippen molar-refractivity contribution in [2.24, 2.45) is 0 Å². The van der Waals surface area contributed by atoms with Gasteiger partial charge in [0.05, 0.1) is 0 Å². The first-order valence-electron chi connectivity index (χ1n) is 16.2. The Bertz CT molecular complexity index is 1720. The number of ether oxygens (including phenoxy) is 1. The number of nitrogens with zero attached hydrogens (tertiary/aromatic N) is 2. The summed E-state index contributed by atoms with van der Waals surface area (Å²) in [5.41, 5.74) is 4.70. The molecule has 1 aromatic heterocycles. The molecule has 10 heteroatoms. The van der Waals surface area contributed by atoms with Crippen LogP contribution in [0.3, 0.4) is 0 Å². The maximum Gasteiger partial charge on any atom is 0.413 e. The van der Waals surface area contributed by atoms with E-state index in [2.05, 4.69) is 69.6 Å². The molecule has 0 saturated heterocycles. The van der Waals surface area contributed by atoms with Crippen LogP contribution in [0, 0.1) is 0 Å². The van der Waals surface area contributed by atoms with Crippen molar-refractivity contribution < 1.29 is 14.3 Å². The van der Waals surface area contributed by atoms with Gasteiger partial charge >= 0.3 is 12.1 Å². The number of carbonyl (C=O) groups excluding carboxylic acids is 2. The molecule has 9 nitrogen and oxygen atoms in total. The first-order chi connectivity index (χ1) is 22.5. The molecule has 4 N–H and O–H groups in total.